The van der Waals surface area contributed by atoms with Crippen LogP contribution in [0.1, 0.15) is 24.3 Å². The Morgan fingerprint density at radius 2 is 1.87 bits per heavy atom. The Kier molecular flexibility index (Phi) is 4.92. The minimum absolute atomic E-state index is 0. The largest absolute Gasteiger partial charge is 0.496 e. The molecule has 1 aromatic rings. The number of ether oxygens (including phenoxy) is 1. The van der Waals surface area contributed by atoms with Crippen molar-refractivity contribution in [3.8, 4) is 5.75 Å². The van der Waals surface area contributed by atoms with Crippen LogP contribution in [0.4, 0.5) is 0 Å². The van der Waals surface area contributed by atoms with Gasteiger partial charge in [-0.2, -0.15) is 0 Å². The summed E-state index contributed by atoms with van der Waals surface area (Å²) in [5.74, 6) is 1.71. The van der Waals surface area contributed by atoms with E-state index in [-0.39, 0.29) is 12.4 Å². The van der Waals surface area contributed by atoms with Gasteiger partial charge in [0.1, 0.15) is 5.75 Å². The molecule has 0 bridgehead atoms. The quantitative estimate of drug-likeness (QED) is 0.839. The maximum atomic E-state index is 5.38. The molecule has 1 heterocycles. The Balaban J connectivity index is 0.00000112. The summed E-state index contributed by atoms with van der Waals surface area (Å²) in [6.45, 7) is 2.26. The third-order valence-corrected chi connectivity index (χ3v) is 2.92. The molecule has 1 fully saturated rings. The van der Waals surface area contributed by atoms with Gasteiger partial charge in [0.05, 0.1) is 7.11 Å². The molecule has 0 aliphatic carbocycles. The molecule has 15 heavy (non-hydrogen) atoms. The first kappa shape index (κ1) is 12.3. The van der Waals surface area contributed by atoms with Crippen molar-refractivity contribution in [2.45, 2.75) is 18.8 Å². The smallest absolute Gasteiger partial charge is 0.122 e. The van der Waals surface area contributed by atoms with Gasteiger partial charge >= 0.3 is 0 Å². The fourth-order valence-corrected chi connectivity index (χ4v) is 2.14. The van der Waals surface area contributed by atoms with E-state index in [0.717, 1.165) is 18.8 Å². The van der Waals surface area contributed by atoms with Gasteiger partial charge in [0, 0.05) is 0 Å². The second-order valence-electron chi connectivity index (χ2n) is 3.77. The molecule has 84 valence electrons. The Labute approximate surface area is 97.4 Å². The van der Waals surface area contributed by atoms with E-state index in [4.69, 9.17) is 4.74 Å². The molecule has 2 rings (SSSR count). The van der Waals surface area contributed by atoms with Crippen LogP contribution in [0.15, 0.2) is 24.3 Å². The van der Waals surface area contributed by atoms with Crippen molar-refractivity contribution in [2.75, 3.05) is 20.2 Å². The number of halogens is 1. The molecule has 2 nitrogen and oxygen atoms in total. The lowest BCUT2D eigenvalue weighted by molar-refractivity contribution is 0.391. The Morgan fingerprint density at radius 1 is 1.20 bits per heavy atom. The number of benzene rings is 1. The second kappa shape index (κ2) is 5.99. The van der Waals surface area contributed by atoms with Crippen LogP contribution < -0.4 is 10.1 Å². The summed E-state index contributed by atoms with van der Waals surface area (Å²) in [5, 5.41) is 3.38. The van der Waals surface area contributed by atoms with E-state index >= 15 is 0 Å². The predicted molar refractivity (Wildman–Crippen MR) is 65.1 cm³/mol. The maximum Gasteiger partial charge on any atom is 0.122 e. The molecule has 0 spiro atoms. The van der Waals surface area contributed by atoms with Gasteiger partial charge in [-0.05, 0) is 43.5 Å². The number of nitrogens with one attached hydrogen (secondary N) is 1. The predicted octanol–water partition coefficient (Wildman–Crippen LogP) is 2.58. The van der Waals surface area contributed by atoms with Crippen LogP contribution in [0.2, 0.25) is 0 Å². The van der Waals surface area contributed by atoms with Gasteiger partial charge in [-0.3, -0.25) is 0 Å². The summed E-state index contributed by atoms with van der Waals surface area (Å²) in [6.07, 6.45) is 2.45. The number of rotatable bonds is 2. The molecular weight excluding hydrogens is 210 g/mol. The van der Waals surface area contributed by atoms with Gasteiger partial charge in [-0.1, -0.05) is 18.2 Å². The summed E-state index contributed by atoms with van der Waals surface area (Å²) in [7, 11) is 1.75. The Bertz CT molecular complexity index is 297. The van der Waals surface area contributed by atoms with E-state index in [1.54, 1.807) is 7.11 Å². The highest BCUT2D eigenvalue weighted by atomic mass is 35.5. The molecule has 0 radical (unpaired) electrons. The van der Waals surface area contributed by atoms with Crippen LogP contribution in [0.3, 0.4) is 0 Å². The number of methoxy groups -OCH3 is 1. The van der Waals surface area contributed by atoms with Gasteiger partial charge in [0.2, 0.25) is 0 Å². The first-order valence-electron chi connectivity index (χ1n) is 5.25. The minimum atomic E-state index is 0. The molecule has 0 saturated carbocycles. The molecule has 0 aromatic heterocycles. The molecular formula is C12H18ClNO. The van der Waals surface area contributed by atoms with Crippen molar-refractivity contribution in [2.24, 2.45) is 0 Å². The summed E-state index contributed by atoms with van der Waals surface area (Å²) < 4.78 is 5.38. The van der Waals surface area contributed by atoms with Crippen LogP contribution in [0.5, 0.6) is 5.75 Å². The number of piperidine rings is 1. The van der Waals surface area contributed by atoms with Crippen molar-refractivity contribution in [3.05, 3.63) is 29.8 Å². The minimum Gasteiger partial charge on any atom is -0.496 e. The zero-order chi connectivity index (χ0) is 9.80. The highest BCUT2D eigenvalue weighted by Gasteiger charge is 2.17. The van der Waals surface area contributed by atoms with Gasteiger partial charge in [0.25, 0.3) is 0 Å². The number of hydrogen-bond acceptors (Lipinski definition) is 2. The van der Waals surface area contributed by atoms with Crippen molar-refractivity contribution in [1.82, 2.24) is 5.32 Å². The van der Waals surface area contributed by atoms with Gasteiger partial charge in [0.15, 0.2) is 0 Å². The van der Waals surface area contributed by atoms with Crippen LogP contribution in [0, 0.1) is 0 Å². The first-order chi connectivity index (χ1) is 6.92. The van der Waals surface area contributed by atoms with Crippen molar-refractivity contribution in [1.29, 1.82) is 0 Å². The molecule has 3 heteroatoms. The molecule has 0 amide bonds. The van der Waals surface area contributed by atoms with E-state index in [1.165, 1.54) is 18.4 Å². The molecule has 1 aliphatic rings. The summed E-state index contributed by atoms with van der Waals surface area (Å²) >= 11 is 0. The highest BCUT2D eigenvalue weighted by molar-refractivity contribution is 5.85. The zero-order valence-corrected chi connectivity index (χ0v) is 9.85. The SMILES string of the molecule is COc1ccccc1C1CCNCC1.Cl. The highest BCUT2D eigenvalue weighted by Crippen LogP contribution is 2.31. The third-order valence-electron chi connectivity index (χ3n) is 2.92. The maximum absolute atomic E-state index is 5.38. The van der Waals surface area contributed by atoms with Gasteiger partial charge in [-0.15, -0.1) is 12.4 Å². The van der Waals surface area contributed by atoms with Crippen LogP contribution in [-0.4, -0.2) is 20.2 Å². The number of para-hydroxylation sites is 1. The van der Waals surface area contributed by atoms with Crippen LogP contribution in [0.25, 0.3) is 0 Å². The molecule has 1 aliphatic heterocycles. The lowest BCUT2D eigenvalue weighted by atomic mass is 9.90. The summed E-state index contributed by atoms with van der Waals surface area (Å²) in [4.78, 5) is 0. The number of hydrogen-bond donors (Lipinski definition) is 1. The third kappa shape index (κ3) is 2.86. The molecule has 1 saturated heterocycles. The second-order valence-corrected chi connectivity index (χ2v) is 3.77. The topological polar surface area (TPSA) is 21.3 Å². The van der Waals surface area contributed by atoms with E-state index < -0.39 is 0 Å². The Morgan fingerprint density at radius 3 is 2.53 bits per heavy atom. The average Bonchev–Trinajstić information content (AvgIpc) is 2.30. The van der Waals surface area contributed by atoms with Crippen molar-refractivity contribution in [3.63, 3.8) is 0 Å². The molecule has 1 aromatic carbocycles. The van der Waals surface area contributed by atoms with Gasteiger partial charge in [-0.25, -0.2) is 0 Å². The van der Waals surface area contributed by atoms with Crippen LogP contribution in [-0.2, 0) is 0 Å². The van der Waals surface area contributed by atoms with Crippen LogP contribution >= 0.6 is 12.4 Å². The normalized spacial score (nSPS) is 16.9. The molecule has 1 N–H and O–H groups in total. The van der Waals surface area contributed by atoms with E-state index in [0.29, 0.717) is 5.92 Å². The summed E-state index contributed by atoms with van der Waals surface area (Å²) in [6, 6.07) is 8.37. The fourth-order valence-electron chi connectivity index (χ4n) is 2.14. The Hall–Kier alpha value is -0.730. The van der Waals surface area contributed by atoms with E-state index in [1.807, 2.05) is 6.07 Å². The monoisotopic (exact) mass is 227 g/mol. The lowest BCUT2D eigenvalue weighted by Gasteiger charge is -2.24. The van der Waals surface area contributed by atoms with E-state index in [2.05, 4.69) is 23.5 Å². The van der Waals surface area contributed by atoms with E-state index in [9.17, 15) is 0 Å². The van der Waals surface area contributed by atoms with Gasteiger partial charge < -0.3 is 10.1 Å². The van der Waals surface area contributed by atoms with Crippen molar-refractivity contribution < 1.29 is 4.74 Å². The fraction of sp³-hybridized carbons (Fsp3) is 0.500. The molecule has 0 unspecified atom stereocenters. The zero-order valence-electron chi connectivity index (χ0n) is 9.03. The summed E-state index contributed by atoms with van der Waals surface area (Å²) in [5.41, 5.74) is 1.37. The first-order valence-corrected chi connectivity index (χ1v) is 5.25. The van der Waals surface area contributed by atoms with Crippen molar-refractivity contribution >= 4 is 12.4 Å². The standard InChI is InChI=1S/C12H17NO.ClH/c1-14-12-5-3-2-4-11(12)10-6-8-13-9-7-10;/h2-5,10,13H,6-9H2,1H3;1H. The molecule has 0 atom stereocenters. The average molecular weight is 228 g/mol. The lowest BCUT2D eigenvalue weighted by Crippen LogP contribution is -2.26.